The molecule has 90 valence electrons. The number of nitrogens with zero attached hydrogens (tertiary/aromatic N) is 3. The zero-order valence-corrected chi connectivity index (χ0v) is 10.8. The second-order valence-electron chi connectivity index (χ2n) is 4.38. The van der Waals surface area contributed by atoms with E-state index in [0.29, 0.717) is 0 Å². The molecule has 2 aromatic rings. The molecule has 0 aliphatic rings. The van der Waals surface area contributed by atoms with E-state index in [4.69, 9.17) is 0 Å². The molecular weight excluding hydrogens is 212 g/mol. The Morgan fingerprint density at radius 1 is 1.24 bits per heavy atom. The number of rotatable bonds is 3. The lowest BCUT2D eigenvalue weighted by Gasteiger charge is -2.07. The van der Waals surface area contributed by atoms with Gasteiger partial charge in [-0.25, -0.2) is 0 Å². The maximum Gasteiger partial charge on any atom is 0.0646 e. The van der Waals surface area contributed by atoms with Gasteiger partial charge in [0.1, 0.15) is 0 Å². The van der Waals surface area contributed by atoms with Crippen molar-refractivity contribution < 1.29 is 0 Å². The molecule has 0 fully saturated rings. The number of aryl methyl sites for hydroxylation is 3. The summed E-state index contributed by atoms with van der Waals surface area (Å²) in [6, 6.07) is 2.09. The van der Waals surface area contributed by atoms with E-state index in [1.165, 1.54) is 11.3 Å². The summed E-state index contributed by atoms with van der Waals surface area (Å²) in [5.74, 6) is 0. The van der Waals surface area contributed by atoms with Crippen molar-refractivity contribution in [2.45, 2.75) is 27.3 Å². The first-order chi connectivity index (χ1) is 8.08. The minimum absolute atomic E-state index is 0.788. The first-order valence-corrected chi connectivity index (χ1v) is 5.72. The summed E-state index contributed by atoms with van der Waals surface area (Å²) >= 11 is 0. The SMILES string of the molecule is Cc1cncc(NCc2c(C)nn(C)c2C)c1. The van der Waals surface area contributed by atoms with Crippen LogP contribution in [0.4, 0.5) is 5.69 Å². The van der Waals surface area contributed by atoms with Crippen LogP contribution in [0.3, 0.4) is 0 Å². The molecule has 0 saturated heterocycles. The second-order valence-corrected chi connectivity index (χ2v) is 4.38. The van der Waals surface area contributed by atoms with Gasteiger partial charge in [-0.1, -0.05) is 0 Å². The summed E-state index contributed by atoms with van der Waals surface area (Å²) < 4.78 is 1.92. The molecule has 0 aliphatic heterocycles. The Morgan fingerprint density at radius 3 is 2.59 bits per heavy atom. The number of anilines is 1. The van der Waals surface area contributed by atoms with E-state index in [0.717, 1.165) is 23.5 Å². The standard InChI is InChI=1S/C13H18N4/c1-9-5-12(7-14-6-9)15-8-13-10(2)16-17(4)11(13)3/h5-7,15H,8H2,1-4H3. The molecule has 2 rings (SSSR count). The van der Waals surface area contributed by atoms with Gasteiger partial charge >= 0.3 is 0 Å². The fourth-order valence-electron chi connectivity index (χ4n) is 1.92. The largest absolute Gasteiger partial charge is 0.380 e. The highest BCUT2D eigenvalue weighted by molar-refractivity contribution is 5.43. The van der Waals surface area contributed by atoms with Gasteiger partial charge in [-0.2, -0.15) is 5.10 Å². The summed E-state index contributed by atoms with van der Waals surface area (Å²) in [5, 5.41) is 7.78. The minimum Gasteiger partial charge on any atom is -0.380 e. The number of aromatic nitrogens is 3. The Kier molecular flexibility index (Phi) is 3.13. The van der Waals surface area contributed by atoms with Crippen LogP contribution >= 0.6 is 0 Å². The third kappa shape index (κ3) is 2.46. The van der Waals surface area contributed by atoms with Crippen LogP contribution in [0.15, 0.2) is 18.5 Å². The summed E-state index contributed by atoms with van der Waals surface area (Å²) in [4.78, 5) is 4.16. The minimum atomic E-state index is 0.788. The zero-order chi connectivity index (χ0) is 12.4. The van der Waals surface area contributed by atoms with Crippen molar-refractivity contribution in [2.24, 2.45) is 7.05 Å². The van der Waals surface area contributed by atoms with E-state index in [2.05, 4.69) is 28.4 Å². The predicted octanol–water partition coefficient (Wildman–Crippen LogP) is 2.35. The van der Waals surface area contributed by atoms with Gasteiger partial charge < -0.3 is 5.32 Å². The van der Waals surface area contributed by atoms with Crippen LogP contribution in [0, 0.1) is 20.8 Å². The van der Waals surface area contributed by atoms with Crippen LogP contribution in [0.25, 0.3) is 0 Å². The van der Waals surface area contributed by atoms with Gasteiger partial charge in [0, 0.05) is 37.2 Å². The van der Waals surface area contributed by atoms with E-state index in [1.807, 2.05) is 38.0 Å². The maximum atomic E-state index is 4.40. The van der Waals surface area contributed by atoms with Crippen LogP contribution in [0.5, 0.6) is 0 Å². The fourth-order valence-corrected chi connectivity index (χ4v) is 1.92. The van der Waals surface area contributed by atoms with Crippen molar-refractivity contribution in [3.05, 3.63) is 41.0 Å². The average molecular weight is 230 g/mol. The normalized spacial score (nSPS) is 10.6. The van der Waals surface area contributed by atoms with Gasteiger partial charge in [-0.3, -0.25) is 9.67 Å². The van der Waals surface area contributed by atoms with E-state index in [-0.39, 0.29) is 0 Å². The lowest BCUT2D eigenvalue weighted by molar-refractivity contribution is 0.730. The molecule has 0 aliphatic carbocycles. The molecule has 0 amide bonds. The van der Waals surface area contributed by atoms with Gasteiger partial charge in [0.15, 0.2) is 0 Å². The Morgan fingerprint density at radius 2 is 2.00 bits per heavy atom. The van der Waals surface area contributed by atoms with Crippen molar-refractivity contribution in [2.75, 3.05) is 5.32 Å². The first-order valence-electron chi connectivity index (χ1n) is 5.72. The van der Waals surface area contributed by atoms with Crippen molar-refractivity contribution in [3.63, 3.8) is 0 Å². The highest BCUT2D eigenvalue weighted by Gasteiger charge is 2.08. The maximum absolute atomic E-state index is 4.40. The quantitative estimate of drug-likeness (QED) is 0.880. The summed E-state index contributed by atoms with van der Waals surface area (Å²) in [6.07, 6.45) is 3.69. The Balaban J connectivity index is 2.12. The second kappa shape index (κ2) is 4.57. The predicted molar refractivity (Wildman–Crippen MR) is 69.0 cm³/mol. The van der Waals surface area contributed by atoms with Crippen molar-refractivity contribution in [1.29, 1.82) is 0 Å². The van der Waals surface area contributed by atoms with Gasteiger partial charge in [0.25, 0.3) is 0 Å². The Labute approximate surface area is 102 Å². The molecule has 0 aromatic carbocycles. The lowest BCUT2D eigenvalue weighted by Crippen LogP contribution is -2.02. The molecule has 2 heterocycles. The van der Waals surface area contributed by atoms with Crippen molar-refractivity contribution >= 4 is 5.69 Å². The first kappa shape index (κ1) is 11.6. The van der Waals surface area contributed by atoms with E-state index in [9.17, 15) is 0 Å². The van der Waals surface area contributed by atoms with Gasteiger partial charge in [-0.15, -0.1) is 0 Å². The molecule has 0 unspecified atom stereocenters. The number of nitrogens with one attached hydrogen (secondary N) is 1. The third-order valence-corrected chi connectivity index (χ3v) is 3.00. The van der Waals surface area contributed by atoms with Crippen LogP contribution in [-0.2, 0) is 13.6 Å². The molecule has 0 radical (unpaired) electrons. The molecular formula is C13H18N4. The molecule has 0 spiro atoms. The van der Waals surface area contributed by atoms with E-state index in [1.54, 1.807) is 0 Å². The van der Waals surface area contributed by atoms with Gasteiger partial charge in [-0.05, 0) is 32.4 Å². The Bertz CT molecular complexity index is 528. The third-order valence-electron chi connectivity index (χ3n) is 3.00. The molecule has 0 bridgehead atoms. The van der Waals surface area contributed by atoms with Crippen LogP contribution in [0.2, 0.25) is 0 Å². The van der Waals surface area contributed by atoms with Crippen molar-refractivity contribution in [3.8, 4) is 0 Å². The number of hydrogen-bond acceptors (Lipinski definition) is 3. The van der Waals surface area contributed by atoms with Gasteiger partial charge in [0.05, 0.1) is 11.4 Å². The highest BCUT2D eigenvalue weighted by atomic mass is 15.3. The van der Waals surface area contributed by atoms with E-state index < -0.39 is 0 Å². The average Bonchev–Trinajstić information content (AvgIpc) is 2.51. The molecule has 2 aromatic heterocycles. The van der Waals surface area contributed by atoms with Crippen LogP contribution in [-0.4, -0.2) is 14.8 Å². The Hall–Kier alpha value is -1.84. The van der Waals surface area contributed by atoms with Gasteiger partial charge in [0.2, 0.25) is 0 Å². The van der Waals surface area contributed by atoms with Crippen molar-refractivity contribution in [1.82, 2.24) is 14.8 Å². The summed E-state index contributed by atoms with van der Waals surface area (Å²) in [5.41, 5.74) is 5.75. The molecule has 17 heavy (non-hydrogen) atoms. The van der Waals surface area contributed by atoms with Crippen LogP contribution in [0.1, 0.15) is 22.5 Å². The summed E-state index contributed by atoms with van der Waals surface area (Å²) in [6.45, 7) is 6.96. The highest BCUT2D eigenvalue weighted by Crippen LogP contribution is 2.15. The van der Waals surface area contributed by atoms with Crippen LogP contribution < -0.4 is 5.32 Å². The smallest absolute Gasteiger partial charge is 0.0646 e. The monoisotopic (exact) mass is 230 g/mol. The summed E-state index contributed by atoms with van der Waals surface area (Å²) in [7, 11) is 1.97. The lowest BCUT2D eigenvalue weighted by atomic mass is 10.2. The molecule has 0 saturated carbocycles. The topological polar surface area (TPSA) is 42.7 Å². The zero-order valence-electron chi connectivity index (χ0n) is 10.8. The molecule has 4 nitrogen and oxygen atoms in total. The molecule has 0 atom stereocenters. The van der Waals surface area contributed by atoms with E-state index >= 15 is 0 Å². The fraction of sp³-hybridized carbons (Fsp3) is 0.385. The number of pyridine rings is 1. The molecule has 4 heteroatoms. The molecule has 1 N–H and O–H groups in total. The number of hydrogen-bond donors (Lipinski definition) is 1.